The van der Waals surface area contributed by atoms with Gasteiger partial charge in [0.1, 0.15) is 0 Å². The van der Waals surface area contributed by atoms with Gasteiger partial charge in [-0.05, 0) is 18.9 Å². The van der Waals surface area contributed by atoms with Crippen molar-refractivity contribution >= 4 is 5.97 Å². The summed E-state index contributed by atoms with van der Waals surface area (Å²) in [5.74, 6) is -0.595. The van der Waals surface area contributed by atoms with E-state index in [9.17, 15) is 4.79 Å². The van der Waals surface area contributed by atoms with Crippen molar-refractivity contribution in [3.05, 3.63) is 0 Å². The van der Waals surface area contributed by atoms with Crippen LogP contribution in [0.3, 0.4) is 0 Å². The van der Waals surface area contributed by atoms with Crippen LogP contribution in [0.4, 0.5) is 0 Å². The Labute approximate surface area is 96.0 Å². The molecule has 16 heavy (non-hydrogen) atoms. The van der Waals surface area contributed by atoms with Crippen LogP contribution < -0.4 is 5.32 Å². The second kappa shape index (κ2) is 6.46. The molecule has 1 aliphatic rings. The zero-order valence-corrected chi connectivity index (χ0v) is 9.65. The summed E-state index contributed by atoms with van der Waals surface area (Å²) in [6.45, 7) is 4.87. The van der Waals surface area contributed by atoms with Gasteiger partial charge in [0.15, 0.2) is 0 Å². The van der Waals surface area contributed by atoms with Crippen LogP contribution in [0.5, 0.6) is 0 Å². The summed E-state index contributed by atoms with van der Waals surface area (Å²) >= 11 is 0. The molecule has 0 aliphatic carbocycles. The van der Waals surface area contributed by atoms with E-state index >= 15 is 0 Å². The molecule has 1 heterocycles. The molecule has 1 fully saturated rings. The maximum atomic E-state index is 10.7. The molecule has 0 spiro atoms. The van der Waals surface area contributed by atoms with E-state index in [1.807, 2.05) is 11.8 Å². The largest absolute Gasteiger partial charge is 0.481 e. The summed E-state index contributed by atoms with van der Waals surface area (Å²) in [6.07, 6.45) is 1.09. The second-order valence-electron chi connectivity index (χ2n) is 4.31. The van der Waals surface area contributed by atoms with Crippen LogP contribution >= 0.6 is 0 Å². The zero-order valence-electron chi connectivity index (χ0n) is 9.65. The highest BCUT2D eigenvalue weighted by Crippen LogP contribution is 2.19. The quantitative estimate of drug-likeness (QED) is 0.657. The van der Waals surface area contributed by atoms with Gasteiger partial charge in [-0.25, -0.2) is 0 Å². The Morgan fingerprint density at radius 2 is 2.38 bits per heavy atom. The van der Waals surface area contributed by atoms with Crippen molar-refractivity contribution in [1.29, 1.82) is 5.26 Å². The summed E-state index contributed by atoms with van der Waals surface area (Å²) in [4.78, 5) is 12.7. The predicted octanol–water partition coefficient (Wildman–Crippen LogP) is 0.285. The van der Waals surface area contributed by atoms with Crippen LogP contribution in [0.25, 0.3) is 0 Å². The molecule has 0 aromatic carbocycles. The Kier molecular flexibility index (Phi) is 5.23. The van der Waals surface area contributed by atoms with E-state index in [4.69, 9.17) is 10.4 Å². The van der Waals surface area contributed by atoms with Crippen LogP contribution in [-0.4, -0.2) is 48.2 Å². The minimum absolute atomic E-state index is 0.156. The zero-order chi connectivity index (χ0) is 12.0. The highest BCUT2D eigenvalue weighted by molar-refractivity contribution is 5.67. The minimum Gasteiger partial charge on any atom is -0.481 e. The van der Waals surface area contributed by atoms with Crippen LogP contribution in [0.15, 0.2) is 0 Å². The van der Waals surface area contributed by atoms with Gasteiger partial charge in [0, 0.05) is 25.6 Å². The SMILES string of the molecule is CCNC1CC(CC(=O)O)CN(CC#N)C1. The Hall–Kier alpha value is -1.12. The molecule has 0 saturated carbocycles. The molecule has 0 amide bonds. The van der Waals surface area contributed by atoms with E-state index in [0.29, 0.717) is 12.6 Å². The van der Waals surface area contributed by atoms with Crippen molar-refractivity contribution < 1.29 is 9.90 Å². The fraction of sp³-hybridized carbons (Fsp3) is 0.818. The van der Waals surface area contributed by atoms with Crippen LogP contribution in [0, 0.1) is 17.2 Å². The van der Waals surface area contributed by atoms with Crippen molar-refractivity contribution in [1.82, 2.24) is 10.2 Å². The molecular formula is C11H19N3O2. The molecule has 0 aromatic heterocycles. The molecular weight excluding hydrogens is 206 g/mol. The number of carboxylic acids is 1. The minimum atomic E-state index is -0.751. The Morgan fingerprint density at radius 1 is 1.62 bits per heavy atom. The summed E-state index contributed by atoms with van der Waals surface area (Å²) in [5.41, 5.74) is 0. The third kappa shape index (κ3) is 4.17. The molecule has 1 aliphatic heterocycles. The normalized spacial score (nSPS) is 26.2. The van der Waals surface area contributed by atoms with Crippen molar-refractivity contribution in [2.24, 2.45) is 5.92 Å². The standard InChI is InChI=1S/C11H19N3O2/c1-2-13-10-5-9(6-11(15)16)7-14(8-10)4-3-12/h9-10,13H,2,4-8H2,1H3,(H,15,16). The van der Waals surface area contributed by atoms with E-state index < -0.39 is 5.97 Å². The summed E-state index contributed by atoms with van der Waals surface area (Å²) in [5, 5.41) is 20.8. The molecule has 0 radical (unpaired) electrons. The van der Waals surface area contributed by atoms with E-state index in [-0.39, 0.29) is 12.3 Å². The van der Waals surface area contributed by atoms with E-state index in [1.165, 1.54) is 0 Å². The molecule has 0 bridgehead atoms. The fourth-order valence-corrected chi connectivity index (χ4v) is 2.36. The number of hydrogen-bond acceptors (Lipinski definition) is 4. The first-order valence-corrected chi connectivity index (χ1v) is 5.70. The predicted molar refractivity (Wildman–Crippen MR) is 59.9 cm³/mol. The third-order valence-corrected chi connectivity index (χ3v) is 2.86. The van der Waals surface area contributed by atoms with Crippen molar-refractivity contribution in [2.45, 2.75) is 25.8 Å². The fourth-order valence-electron chi connectivity index (χ4n) is 2.36. The highest BCUT2D eigenvalue weighted by atomic mass is 16.4. The topological polar surface area (TPSA) is 76.4 Å². The molecule has 2 unspecified atom stereocenters. The molecule has 1 saturated heterocycles. The lowest BCUT2D eigenvalue weighted by atomic mass is 9.91. The Bertz CT molecular complexity index is 275. The number of likely N-dealkylation sites (N-methyl/N-ethyl adjacent to an activating group) is 1. The number of aliphatic carboxylic acids is 1. The van der Waals surface area contributed by atoms with Gasteiger partial charge < -0.3 is 10.4 Å². The number of likely N-dealkylation sites (tertiary alicyclic amines) is 1. The van der Waals surface area contributed by atoms with Gasteiger partial charge in [0.05, 0.1) is 12.6 Å². The molecule has 5 heteroatoms. The average Bonchev–Trinajstić information content (AvgIpc) is 2.17. The first-order chi connectivity index (χ1) is 7.65. The number of nitrogens with zero attached hydrogens (tertiary/aromatic N) is 2. The highest BCUT2D eigenvalue weighted by Gasteiger charge is 2.27. The lowest BCUT2D eigenvalue weighted by Crippen LogP contribution is -2.49. The number of carbonyl (C=O) groups is 1. The van der Waals surface area contributed by atoms with Gasteiger partial charge in [0.2, 0.25) is 0 Å². The Morgan fingerprint density at radius 3 is 2.94 bits per heavy atom. The van der Waals surface area contributed by atoms with Crippen molar-refractivity contribution in [3.8, 4) is 6.07 Å². The van der Waals surface area contributed by atoms with Gasteiger partial charge >= 0.3 is 5.97 Å². The molecule has 5 nitrogen and oxygen atoms in total. The van der Waals surface area contributed by atoms with Gasteiger partial charge in [0.25, 0.3) is 0 Å². The van der Waals surface area contributed by atoms with Crippen molar-refractivity contribution in [3.63, 3.8) is 0 Å². The van der Waals surface area contributed by atoms with Gasteiger partial charge in [-0.1, -0.05) is 6.92 Å². The van der Waals surface area contributed by atoms with Crippen LogP contribution in [-0.2, 0) is 4.79 Å². The maximum Gasteiger partial charge on any atom is 0.303 e. The van der Waals surface area contributed by atoms with Gasteiger partial charge in [-0.3, -0.25) is 9.69 Å². The molecule has 0 aromatic rings. The molecule has 90 valence electrons. The van der Waals surface area contributed by atoms with Crippen LogP contribution in [0.1, 0.15) is 19.8 Å². The second-order valence-corrected chi connectivity index (χ2v) is 4.31. The number of nitrogens with one attached hydrogen (secondary N) is 1. The first-order valence-electron chi connectivity index (χ1n) is 5.70. The number of carboxylic acid groups (broad SMARTS) is 1. The molecule has 2 atom stereocenters. The monoisotopic (exact) mass is 225 g/mol. The first kappa shape index (κ1) is 12.9. The molecule has 2 N–H and O–H groups in total. The number of piperidine rings is 1. The number of rotatable bonds is 5. The summed E-state index contributed by atoms with van der Waals surface area (Å²) < 4.78 is 0. The average molecular weight is 225 g/mol. The smallest absolute Gasteiger partial charge is 0.303 e. The maximum absolute atomic E-state index is 10.7. The van der Waals surface area contributed by atoms with Crippen LogP contribution in [0.2, 0.25) is 0 Å². The third-order valence-electron chi connectivity index (χ3n) is 2.86. The summed E-state index contributed by atoms with van der Waals surface area (Å²) in [6, 6.07) is 2.44. The van der Waals surface area contributed by atoms with E-state index in [2.05, 4.69) is 11.4 Å². The lowest BCUT2D eigenvalue weighted by molar-refractivity contribution is -0.138. The van der Waals surface area contributed by atoms with E-state index in [1.54, 1.807) is 0 Å². The summed E-state index contributed by atoms with van der Waals surface area (Å²) in [7, 11) is 0. The van der Waals surface area contributed by atoms with Gasteiger partial charge in [-0.2, -0.15) is 5.26 Å². The number of nitriles is 1. The van der Waals surface area contributed by atoms with E-state index in [0.717, 1.165) is 26.1 Å². The van der Waals surface area contributed by atoms with Gasteiger partial charge in [-0.15, -0.1) is 0 Å². The number of hydrogen-bond donors (Lipinski definition) is 2. The Balaban J connectivity index is 2.52. The molecule has 1 rings (SSSR count). The van der Waals surface area contributed by atoms with Crippen molar-refractivity contribution in [2.75, 3.05) is 26.2 Å². The lowest BCUT2D eigenvalue weighted by Gasteiger charge is -2.36.